The van der Waals surface area contributed by atoms with Crippen LogP contribution in [0.1, 0.15) is 37.4 Å². The molecule has 0 atom stereocenters. The molecule has 2 heterocycles. The van der Waals surface area contributed by atoms with Crippen LogP contribution >= 0.6 is 0 Å². The Labute approximate surface area is 164 Å². The molecule has 1 aromatic carbocycles. The quantitative estimate of drug-likeness (QED) is 0.765. The fourth-order valence-corrected chi connectivity index (χ4v) is 3.08. The van der Waals surface area contributed by atoms with Crippen molar-refractivity contribution in [3.05, 3.63) is 41.4 Å². The maximum atomic E-state index is 11.8. The number of benzene rings is 1. The first-order chi connectivity index (χ1) is 13.6. The molecule has 1 saturated heterocycles. The number of oxazole rings is 1. The molecule has 1 amide bonds. The van der Waals surface area contributed by atoms with Gasteiger partial charge in [-0.25, -0.2) is 0 Å². The maximum absolute atomic E-state index is 11.8. The number of amides is 1. The van der Waals surface area contributed by atoms with Crippen LogP contribution in [-0.4, -0.2) is 48.6 Å². The van der Waals surface area contributed by atoms with E-state index in [2.05, 4.69) is 11.1 Å². The molecule has 1 aliphatic rings. The van der Waals surface area contributed by atoms with E-state index < -0.39 is 0 Å². The standard InChI is InChI=1S/C21H24N4O3/c1-3-20(26)24-11-13-25(14-12-24)21-18(15-22)23-19(28-21)10-7-16-5-8-17(9-6-16)27-4-2/h5-10H,3-4,11-14H2,1-2H3. The molecule has 0 N–H and O–H groups in total. The van der Waals surface area contributed by atoms with Crippen LogP contribution < -0.4 is 9.64 Å². The Morgan fingerprint density at radius 1 is 1.21 bits per heavy atom. The Hall–Kier alpha value is -3.27. The van der Waals surface area contributed by atoms with E-state index in [1.165, 1.54) is 0 Å². The van der Waals surface area contributed by atoms with Gasteiger partial charge in [0.25, 0.3) is 0 Å². The van der Waals surface area contributed by atoms with Gasteiger partial charge in [0.15, 0.2) is 0 Å². The summed E-state index contributed by atoms with van der Waals surface area (Å²) < 4.78 is 11.3. The molecule has 0 saturated carbocycles. The van der Waals surface area contributed by atoms with Crippen molar-refractivity contribution >= 4 is 23.9 Å². The van der Waals surface area contributed by atoms with Gasteiger partial charge in [0.1, 0.15) is 11.8 Å². The van der Waals surface area contributed by atoms with Crippen molar-refractivity contribution in [3.63, 3.8) is 0 Å². The zero-order valence-electron chi connectivity index (χ0n) is 16.2. The fourth-order valence-electron chi connectivity index (χ4n) is 3.08. The third kappa shape index (κ3) is 4.52. The van der Waals surface area contributed by atoms with Crippen LogP contribution in [0.2, 0.25) is 0 Å². The molecule has 7 nitrogen and oxygen atoms in total. The number of rotatable bonds is 6. The molecular weight excluding hydrogens is 356 g/mol. The summed E-state index contributed by atoms with van der Waals surface area (Å²) in [6.45, 7) is 6.93. The lowest BCUT2D eigenvalue weighted by atomic mass is 10.2. The maximum Gasteiger partial charge on any atom is 0.235 e. The average molecular weight is 380 g/mol. The van der Waals surface area contributed by atoms with E-state index in [0.717, 1.165) is 11.3 Å². The number of anilines is 1. The van der Waals surface area contributed by atoms with E-state index in [1.807, 2.05) is 54.0 Å². The van der Waals surface area contributed by atoms with E-state index >= 15 is 0 Å². The Morgan fingerprint density at radius 2 is 1.93 bits per heavy atom. The van der Waals surface area contributed by atoms with E-state index in [9.17, 15) is 10.1 Å². The van der Waals surface area contributed by atoms with Crippen LogP contribution in [0.5, 0.6) is 5.75 Å². The molecule has 0 aliphatic carbocycles. The summed E-state index contributed by atoms with van der Waals surface area (Å²) in [5, 5.41) is 9.41. The predicted octanol–water partition coefficient (Wildman–Crippen LogP) is 3.17. The minimum absolute atomic E-state index is 0.150. The Balaban J connectivity index is 1.69. The molecule has 0 radical (unpaired) electrons. The monoisotopic (exact) mass is 380 g/mol. The summed E-state index contributed by atoms with van der Waals surface area (Å²) in [5.74, 6) is 1.83. The lowest BCUT2D eigenvalue weighted by molar-refractivity contribution is -0.131. The zero-order valence-corrected chi connectivity index (χ0v) is 16.2. The number of piperazine rings is 1. The number of nitrogens with zero attached hydrogens (tertiary/aromatic N) is 4. The molecule has 1 aliphatic heterocycles. The minimum Gasteiger partial charge on any atom is -0.494 e. The molecule has 1 aromatic heterocycles. The topological polar surface area (TPSA) is 82.6 Å². The van der Waals surface area contributed by atoms with Crippen LogP contribution in [0.25, 0.3) is 12.2 Å². The molecule has 3 rings (SSSR count). The fraction of sp³-hybridized carbons (Fsp3) is 0.381. The van der Waals surface area contributed by atoms with Crippen LogP contribution in [-0.2, 0) is 4.79 Å². The van der Waals surface area contributed by atoms with Gasteiger partial charge in [0, 0.05) is 38.7 Å². The third-order valence-corrected chi connectivity index (χ3v) is 4.56. The van der Waals surface area contributed by atoms with E-state index in [4.69, 9.17) is 9.15 Å². The van der Waals surface area contributed by atoms with Gasteiger partial charge in [-0.2, -0.15) is 10.2 Å². The van der Waals surface area contributed by atoms with Gasteiger partial charge in [-0.15, -0.1) is 0 Å². The molecule has 0 unspecified atom stereocenters. The van der Waals surface area contributed by atoms with Crippen LogP contribution in [0.4, 0.5) is 5.88 Å². The van der Waals surface area contributed by atoms with Crippen LogP contribution in [0.15, 0.2) is 28.7 Å². The van der Waals surface area contributed by atoms with Crippen molar-refractivity contribution in [1.29, 1.82) is 5.26 Å². The zero-order chi connectivity index (χ0) is 19.9. The van der Waals surface area contributed by atoms with Crippen molar-refractivity contribution in [2.24, 2.45) is 0 Å². The summed E-state index contributed by atoms with van der Waals surface area (Å²) >= 11 is 0. The number of carbonyl (C=O) groups excluding carboxylic acids is 1. The Morgan fingerprint density at radius 3 is 2.54 bits per heavy atom. The van der Waals surface area contributed by atoms with Gasteiger partial charge in [-0.1, -0.05) is 19.1 Å². The number of ether oxygens (including phenoxy) is 1. The van der Waals surface area contributed by atoms with Crippen molar-refractivity contribution in [2.75, 3.05) is 37.7 Å². The van der Waals surface area contributed by atoms with Gasteiger partial charge in [0.05, 0.1) is 6.61 Å². The molecule has 1 fully saturated rings. The highest BCUT2D eigenvalue weighted by Crippen LogP contribution is 2.24. The first kappa shape index (κ1) is 19.5. The molecule has 0 spiro atoms. The second-order valence-electron chi connectivity index (χ2n) is 6.37. The molecular formula is C21H24N4O3. The molecule has 7 heteroatoms. The highest BCUT2D eigenvalue weighted by atomic mass is 16.5. The first-order valence-electron chi connectivity index (χ1n) is 9.49. The largest absolute Gasteiger partial charge is 0.494 e. The van der Waals surface area contributed by atoms with E-state index in [1.54, 1.807) is 6.08 Å². The summed E-state index contributed by atoms with van der Waals surface area (Å²) in [7, 11) is 0. The number of aromatic nitrogens is 1. The molecule has 146 valence electrons. The van der Waals surface area contributed by atoms with E-state index in [0.29, 0.717) is 51.0 Å². The highest BCUT2D eigenvalue weighted by Gasteiger charge is 2.25. The molecule has 2 aromatic rings. The smallest absolute Gasteiger partial charge is 0.235 e. The van der Waals surface area contributed by atoms with Crippen molar-refractivity contribution < 1.29 is 13.9 Å². The van der Waals surface area contributed by atoms with Gasteiger partial charge in [-0.05, 0) is 30.7 Å². The summed E-state index contributed by atoms with van der Waals surface area (Å²) in [6, 6.07) is 9.80. The van der Waals surface area contributed by atoms with Crippen molar-refractivity contribution in [2.45, 2.75) is 20.3 Å². The van der Waals surface area contributed by atoms with Gasteiger partial charge in [-0.3, -0.25) is 4.79 Å². The number of carbonyl (C=O) groups is 1. The Bertz CT molecular complexity index is 872. The summed E-state index contributed by atoms with van der Waals surface area (Å²) in [4.78, 5) is 19.9. The SMILES string of the molecule is CCOc1ccc(C=Cc2nc(C#N)c(N3CCN(C(=O)CC)CC3)o2)cc1. The molecule has 28 heavy (non-hydrogen) atoms. The van der Waals surface area contributed by atoms with Gasteiger partial charge >= 0.3 is 0 Å². The Kier molecular flexibility index (Phi) is 6.33. The first-order valence-corrected chi connectivity index (χ1v) is 9.49. The third-order valence-electron chi connectivity index (χ3n) is 4.56. The van der Waals surface area contributed by atoms with Gasteiger partial charge < -0.3 is 19.0 Å². The highest BCUT2D eigenvalue weighted by molar-refractivity contribution is 5.76. The van der Waals surface area contributed by atoms with Gasteiger partial charge in [0.2, 0.25) is 23.4 Å². The lowest BCUT2D eigenvalue weighted by Gasteiger charge is -2.34. The number of nitriles is 1. The normalized spacial score (nSPS) is 14.3. The van der Waals surface area contributed by atoms with Crippen LogP contribution in [0, 0.1) is 11.3 Å². The second-order valence-corrected chi connectivity index (χ2v) is 6.37. The average Bonchev–Trinajstić information content (AvgIpc) is 3.16. The summed E-state index contributed by atoms with van der Waals surface area (Å²) in [6.07, 6.45) is 4.13. The second kappa shape index (κ2) is 9.09. The van der Waals surface area contributed by atoms with Crippen molar-refractivity contribution in [3.8, 4) is 11.8 Å². The predicted molar refractivity (Wildman–Crippen MR) is 107 cm³/mol. The number of hydrogen-bond acceptors (Lipinski definition) is 6. The summed E-state index contributed by atoms with van der Waals surface area (Å²) in [5.41, 5.74) is 1.25. The van der Waals surface area contributed by atoms with Crippen LogP contribution in [0.3, 0.4) is 0 Å². The van der Waals surface area contributed by atoms with Crippen molar-refractivity contribution in [1.82, 2.24) is 9.88 Å². The minimum atomic E-state index is 0.150. The number of hydrogen-bond donors (Lipinski definition) is 0. The lowest BCUT2D eigenvalue weighted by Crippen LogP contribution is -2.48. The molecule has 0 bridgehead atoms. The van der Waals surface area contributed by atoms with E-state index in [-0.39, 0.29) is 11.6 Å².